The lowest BCUT2D eigenvalue weighted by molar-refractivity contribution is 0.0960. The number of nitrogens with zero attached hydrogens (tertiary/aromatic N) is 3. The van der Waals surface area contributed by atoms with Crippen LogP contribution < -0.4 is 11.1 Å². The van der Waals surface area contributed by atoms with Crippen LogP contribution in [-0.4, -0.2) is 27.0 Å². The van der Waals surface area contributed by atoms with Crippen LogP contribution >= 0.6 is 0 Å². The first kappa shape index (κ1) is 13.9. The van der Waals surface area contributed by atoms with E-state index in [4.69, 9.17) is 5.73 Å². The number of anilines is 1. The third kappa shape index (κ3) is 2.19. The van der Waals surface area contributed by atoms with Gasteiger partial charge in [-0.2, -0.15) is 0 Å². The molecule has 0 amide bonds. The average Bonchev–Trinajstić information content (AvgIpc) is 2.88. The highest BCUT2D eigenvalue weighted by molar-refractivity contribution is 6.03. The summed E-state index contributed by atoms with van der Waals surface area (Å²) >= 11 is 0. The Morgan fingerprint density at radius 1 is 1.35 bits per heavy atom. The number of carbonyl (C=O) groups excluding carboxylic acids is 1. The SMILES string of the molecule is Cc1nc2cc(N)ccc2n1C(=O)c1cncc2c1CCNC2. The molecule has 0 atom stereocenters. The number of hydrogen-bond donors (Lipinski definition) is 2. The van der Waals surface area contributed by atoms with E-state index in [1.54, 1.807) is 22.9 Å². The lowest BCUT2D eigenvalue weighted by atomic mass is 9.98. The molecule has 1 aliphatic heterocycles. The van der Waals surface area contributed by atoms with Crippen molar-refractivity contribution in [2.24, 2.45) is 0 Å². The topological polar surface area (TPSA) is 85.8 Å². The average molecular weight is 307 g/mol. The number of rotatable bonds is 1. The minimum absolute atomic E-state index is 0.0824. The van der Waals surface area contributed by atoms with Crippen molar-refractivity contribution >= 4 is 22.6 Å². The Kier molecular flexibility index (Phi) is 3.12. The second-order valence-corrected chi connectivity index (χ2v) is 5.80. The van der Waals surface area contributed by atoms with Crippen LogP contribution in [0.25, 0.3) is 11.0 Å². The maximum absolute atomic E-state index is 13.1. The molecule has 0 fully saturated rings. The minimum atomic E-state index is -0.0824. The van der Waals surface area contributed by atoms with E-state index in [2.05, 4.69) is 15.3 Å². The van der Waals surface area contributed by atoms with Gasteiger partial charge in [0.05, 0.1) is 16.6 Å². The van der Waals surface area contributed by atoms with Crippen molar-refractivity contribution < 1.29 is 4.79 Å². The molecule has 116 valence electrons. The van der Waals surface area contributed by atoms with Gasteiger partial charge in [0.15, 0.2) is 0 Å². The zero-order chi connectivity index (χ0) is 16.0. The normalized spacial score (nSPS) is 14.0. The molecule has 3 heterocycles. The third-order valence-corrected chi connectivity index (χ3v) is 4.29. The summed E-state index contributed by atoms with van der Waals surface area (Å²) in [6, 6.07) is 5.41. The molecule has 6 heteroatoms. The number of imidazole rings is 1. The first-order chi connectivity index (χ1) is 11.1. The van der Waals surface area contributed by atoms with Gasteiger partial charge in [0.2, 0.25) is 0 Å². The lowest BCUT2D eigenvalue weighted by Gasteiger charge is -2.19. The number of fused-ring (bicyclic) bond motifs is 2. The fourth-order valence-corrected chi connectivity index (χ4v) is 3.19. The highest BCUT2D eigenvalue weighted by Crippen LogP contribution is 2.23. The van der Waals surface area contributed by atoms with Gasteiger partial charge in [-0.3, -0.25) is 14.3 Å². The molecule has 1 aromatic carbocycles. The molecule has 3 aromatic rings. The second-order valence-electron chi connectivity index (χ2n) is 5.80. The minimum Gasteiger partial charge on any atom is -0.399 e. The third-order valence-electron chi connectivity index (χ3n) is 4.29. The predicted octanol–water partition coefficient (Wildman–Crippen LogP) is 1.66. The van der Waals surface area contributed by atoms with Crippen molar-refractivity contribution in [2.45, 2.75) is 19.9 Å². The van der Waals surface area contributed by atoms with E-state index in [1.165, 1.54) is 0 Å². The van der Waals surface area contributed by atoms with E-state index in [0.717, 1.165) is 41.7 Å². The Hall–Kier alpha value is -2.73. The number of aryl methyl sites for hydroxylation is 1. The first-order valence-electron chi connectivity index (χ1n) is 7.61. The molecule has 0 saturated heterocycles. The van der Waals surface area contributed by atoms with E-state index in [0.29, 0.717) is 17.1 Å². The number of nitrogens with one attached hydrogen (secondary N) is 1. The molecule has 6 nitrogen and oxygen atoms in total. The maximum Gasteiger partial charge on any atom is 0.265 e. The number of carbonyl (C=O) groups is 1. The largest absolute Gasteiger partial charge is 0.399 e. The summed E-state index contributed by atoms with van der Waals surface area (Å²) in [5, 5.41) is 3.30. The number of pyridine rings is 1. The fourth-order valence-electron chi connectivity index (χ4n) is 3.19. The van der Waals surface area contributed by atoms with Crippen LogP contribution in [0.5, 0.6) is 0 Å². The molecule has 0 spiro atoms. The van der Waals surface area contributed by atoms with Crippen molar-refractivity contribution in [1.29, 1.82) is 0 Å². The van der Waals surface area contributed by atoms with Gasteiger partial charge >= 0.3 is 0 Å². The van der Waals surface area contributed by atoms with Gasteiger partial charge in [0, 0.05) is 24.6 Å². The van der Waals surface area contributed by atoms with Gasteiger partial charge in [-0.1, -0.05) is 0 Å². The van der Waals surface area contributed by atoms with Crippen LogP contribution in [0, 0.1) is 6.92 Å². The molecular formula is C17H17N5O. The van der Waals surface area contributed by atoms with Crippen LogP contribution in [-0.2, 0) is 13.0 Å². The molecule has 1 aliphatic rings. The molecule has 2 aromatic heterocycles. The molecule has 0 unspecified atom stereocenters. The summed E-state index contributed by atoms with van der Waals surface area (Å²) < 4.78 is 1.65. The maximum atomic E-state index is 13.1. The summed E-state index contributed by atoms with van der Waals surface area (Å²) in [7, 11) is 0. The van der Waals surface area contributed by atoms with Gasteiger partial charge in [0.1, 0.15) is 5.82 Å². The molecule has 3 N–H and O–H groups in total. The Morgan fingerprint density at radius 2 is 2.22 bits per heavy atom. The number of hydrogen-bond acceptors (Lipinski definition) is 5. The highest BCUT2D eigenvalue weighted by Gasteiger charge is 2.22. The van der Waals surface area contributed by atoms with E-state index in [9.17, 15) is 4.79 Å². The van der Waals surface area contributed by atoms with E-state index < -0.39 is 0 Å². The summed E-state index contributed by atoms with van der Waals surface area (Å²) in [5.41, 5.74) is 10.8. The Morgan fingerprint density at radius 3 is 3.09 bits per heavy atom. The molecule has 23 heavy (non-hydrogen) atoms. The lowest BCUT2D eigenvalue weighted by Crippen LogP contribution is -2.27. The van der Waals surface area contributed by atoms with Crippen LogP contribution in [0.2, 0.25) is 0 Å². The summed E-state index contributed by atoms with van der Waals surface area (Å²) in [6.07, 6.45) is 4.32. The predicted molar refractivity (Wildman–Crippen MR) is 88.3 cm³/mol. The van der Waals surface area contributed by atoms with Gasteiger partial charge in [-0.25, -0.2) is 4.98 Å². The molecule has 0 saturated carbocycles. The Labute approximate surface area is 133 Å². The number of nitrogen functional groups attached to an aromatic ring is 1. The smallest absolute Gasteiger partial charge is 0.265 e. The number of benzene rings is 1. The van der Waals surface area contributed by atoms with Crippen LogP contribution in [0.15, 0.2) is 30.6 Å². The highest BCUT2D eigenvalue weighted by atomic mass is 16.2. The number of nitrogens with two attached hydrogens (primary N) is 1. The van der Waals surface area contributed by atoms with Crippen LogP contribution in [0.4, 0.5) is 5.69 Å². The van der Waals surface area contributed by atoms with Crippen molar-refractivity contribution in [1.82, 2.24) is 19.9 Å². The quantitative estimate of drug-likeness (QED) is 0.668. The first-order valence-corrected chi connectivity index (χ1v) is 7.61. The van der Waals surface area contributed by atoms with Gasteiger partial charge in [0.25, 0.3) is 5.91 Å². The van der Waals surface area contributed by atoms with E-state index in [-0.39, 0.29) is 5.91 Å². The molecular weight excluding hydrogens is 290 g/mol. The van der Waals surface area contributed by atoms with Crippen LogP contribution in [0.3, 0.4) is 0 Å². The summed E-state index contributed by atoms with van der Waals surface area (Å²) in [6.45, 7) is 3.46. The van der Waals surface area contributed by atoms with Gasteiger partial charge in [-0.15, -0.1) is 0 Å². The van der Waals surface area contributed by atoms with Gasteiger partial charge < -0.3 is 11.1 Å². The van der Waals surface area contributed by atoms with Crippen molar-refractivity contribution in [3.05, 3.63) is 53.1 Å². The van der Waals surface area contributed by atoms with Crippen molar-refractivity contribution in [2.75, 3.05) is 12.3 Å². The van der Waals surface area contributed by atoms with Crippen molar-refractivity contribution in [3.8, 4) is 0 Å². The zero-order valence-corrected chi connectivity index (χ0v) is 12.8. The van der Waals surface area contributed by atoms with E-state index in [1.807, 2.05) is 19.2 Å². The standard InChI is InChI=1S/C17H17N5O/c1-10-21-15-6-12(18)2-3-16(15)22(10)17(23)14-9-20-8-11-7-19-5-4-13(11)14/h2-3,6,8-9,19H,4-5,7,18H2,1H3. The van der Waals surface area contributed by atoms with Gasteiger partial charge in [-0.05, 0) is 49.2 Å². The molecule has 4 rings (SSSR count). The molecule has 0 bridgehead atoms. The summed E-state index contributed by atoms with van der Waals surface area (Å²) in [5.74, 6) is 0.572. The monoisotopic (exact) mass is 307 g/mol. The Balaban J connectivity index is 1.89. The number of aromatic nitrogens is 3. The zero-order valence-electron chi connectivity index (χ0n) is 12.8. The molecule has 0 radical (unpaired) electrons. The van der Waals surface area contributed by atoms with Crippen molar-refractivity contribution in [3.63, 3.8) is 0 Å². The summed E-state index contributed by atoms with van der Waals surface area (Å²) in [4.78, 5) is 21.8. The second kappa shape index (κ2) is 5.17. The van der Waals surface area contributed by atoms with Crippen LogP contribution in [0.1, 0.15) is 27.3 Å². The Bertz CT molecular complexity index is 928. The fraction of sp³-hybridized carbons (Fsp3) is 0.235. The molecule has 0 aliphatic carbocycles. The van der Waals surface area contributed by atoms with E-state index >= 15 is 0 Å².